The maximum Gasteiger partial charge on any atom is 0.118 e. The summed E-state index contributed by atoms with van der Waals surface area (Å²) in [6.45, 7) is 2.87. The second-order valence-electron chi connectivity index (χ2n) is 4.37. The highest BCUT2D eigenvalue weighted by Crippen LogP contribution is 2.07. The molecule has 2 nitrogen and oxygen atoms in total. The van der Waals surface area contributed by atoms with Gasteiger partial charge in [-0.05, 0) is 43.5 Å². The third kappa shape index (κ3) is 5.35. The standard InChI is InChI=1S/C16H23NO/c1-3-6-16(18-2)11-10-15-8-4-7-14(13-15)9-5-12-17/h4,7-8,13,16H,3,5-6,9,12,17H2,1-2H3. The van der Waals surface area contributed by atoms with E-state index < -0.39 is 0 Å². The Bertz CT molecular complexity index is 403. The van der Waals surface area contributed by atoms with Crippen LogP contribution in [0.5, 0.6) is 0 Å². The van der Waals surface area contributed by atoms with E-state index in [2.05, 4.69) is 37.0 Å². The Balaban J connectivity index is 2.68. The van der Waals surface area contributed by atoms with Crippen LogP contribution in [0.1, 0.15) is 37.3 Å². The van der Waals surface area contributed by atoms with Gasteiger partial charge in [0.15, 0.2) is 0 Å². The Kier molecular flexibility index (Phi) is 7.17. The van der Waals surface area contributed by atoms with Crippen LogP contribution in [0.3, 0.4) is 0 Å². The fourth-order valence-corrected chi connectivity index (χ4v) is 1.79. The van der Waals surface area contributed by atoms with Gasteiger partial charge < -0.3 is 10.5 Å². The predicted octanol–water partition coefficient (Wildman–Crippen LogP) is 2.74. The lowest BCUT2D eigenvalue weighted by Gasteiger charge is -2.05. The minimum absolute atomic E-state index is 0.0442. The van der Waals surface area contributed by atoms with Crippen molar-refractivity contribution in [3.8, 4) is 11.8 Å². The summed E-state index contributed by atoms with van der Waals surface area (Å²) in [6, 6.07) is 8.36. The minimum Gasteiger partial charge on any atom is -0.369 e. The number of ether oxygens (including phenoxy) is 1. The molecule has 0 fully saturated rings. The topological polar surface area (TPSA) is 35.2 Å². The molecule has 0 amide bonds. The molecule has 98 valence electrons. The number of hydrogen-bond donors (Lipinski definition) is 1. The van der Waals surface area contributed by atoms with Crippen molar-refractivity contribution in [2.75, 3.05) is 13.7 Å². The molecule has 18 heavy (non-hydrogen) atoms. The Morgan fingerprint density at radius 2 is 2.22 bits per heavy atom. The maximum atomic E-state index is 5.52. The number of nitrogens with two attached hydrogens (primary N) is 1. The first-order chi connectivity index (χ1) is 8.80. The van der Waals surface area contributed by atoms with Crippen LogP contribution >= 0.6 is 0 Å². The third-order valence-electron chi connectivity index (χ3n) is 2.81. The highest BCUT2D eigenvalue weighted by atomic mass is 16.5. The molecule has 2 N–H and O–H groups in total. The van der Waals surface area contributed by atoms with Gasteiger partial charge in [0.1, 0.15) is 6.10 Å². The largest absolute Gasteiger partial charge is 0.369 e. The molecular weight excluding hydrogens is 222 g/mol. The van der Waals surface area contributed by atoms with Crippen molar-refractivity contribution in [3.63, 3.8) is 0 Å². The molecule has 0 saturated heterocycles. The number of hydrogen-bond acceptors (Lipinski definition) is 2. The average molecular weight is 245 g/mol. The summed E-state index contributed by atoms with van der Waals surface area (Å²) in [5, 5.41) is 0. The van der Waals surface area contributed by atoms with Gasteiger partial charge in [0.2, 0.25) is 0 Å². The molecule has 0 bridgehead atoms. The van der Waals surface area contributed by atoms with Gasteiger partial charge in [-0.15, -0.1) is 0 Å². The van der Waals surface area contributed by atoms with E-state index >= 15 is 0 Å². The van der Waals surface area contributed by atoms with Crippen LogP contribution < -0.4 is 5.73 Å². The van der Waals surface area contributed by atoms with E-state index in [4.69, 9.17) is 10.5 Å². The van der Waals surface area contributed by atoms with E-state index in [9.17, 15) is 0 Å². The number of benzene rings is 1. The summed E-state index contributed by atoms with van der Waals surface area (Å²) in [7, 11) is 1.71. The summed E-state index contributed by atoms with van der Waals surface area (Å²) < 4.78 is 5.32. The van der Waals surface area contributed by atoms with Gasteiger partial charge in [0.05, 0.1) is 0 Å². The van der Waals surface area contributed by atoms with E-state index in [0.29, 0.717) is 0 Å². The fraction of sp³-hybridized carbons (Fsp3) is 0.500. The molecule has 0 aliphatic heterocycles. The Morgan fingerprint density at radius 1 is 1.39 bits per heavy atom. The minimum atomic E-state index is 0.0442. The van der Waals surface area contributed by atoms with Gasteiger partial charge in [-0.25, -0.2) is 0 Å². The first-order valence-electron chi connectivity index (χ1n) is 6.63. The van der Waals surface area contributed by atoms with Crippen LogP contribution in [-0.2, 0) is 11.2 Å². The summed E-state index contributed by atoms with van der Waals surface area (Å²) >= 11 is 0. The van der Waals surface area contributed by atoms with Crippen molar-refractivity contribution in [1.29, 1.82) is 0 Å². The predicted molar refractivity (Wildman–Crippen MR) is 76.4 cm³/mol. The van der Waals surface area contributed by atoms with E-state index in [0.717, 1.165) is 37.8 Å². The molecule has 1 aromatic carbocycles. The Labute approximate surface area is 111 Å². The second-order valence-corrected chi connectivity index (χ2v) is 4.37. The van der Waals surface area contributed by atoms with Crippen LogP contribution in [0, 0.1) is 11.8 Å². The van der Waals surface area contributed by atoms with Gasteiger partial charge in [-0.3, -0.25) is 0 Å². The number of rotatable bonds is 6. The Morgan fingerprint density at radius 3 is 2.89 bits per heavy atom. The van der Waals surface area contributed by atoms with Crippen molar-refractivity contribution in [3.05, 3.63) is 35.4 Å². The molecule has 1 atom stereocenters. The molecule has 0 spiro atoms. The zero-order valence-electron chi connectivity index (χ0n) is 11.4. The van der Waals surface area contributed by atoms with Crippen molar-refractivity contribution in [2.45, 2.75) is 38.7 Å². The monoisotopic (exact) mass is 245 g/mol. The molecule has 0 aliphatic rings. The lowest BCUT2D eigenvalue weighted by Crippen LogP contribution is -2.06. The summed E-state index contributed by atoms with van der Waals surface area (Å²) in [6.07, 6.45) is 4.16. The van der Waals surface area contributed by atoms with Gasteiger partial charge in [0.25, 0.3) is 0 Å². The van der Waals surface area contributed by atoms with Crippen molar-refractivity contribution >= 4 is 0 Å². The van der Waals surface area contributed by atoms with E-state index in [-0.39, 0.29) is 6.10 Å². The molecule has 2 heteroatoms. The molecule has 1 rings (SSSR count). The van der Waals surface area contributed by atoms with Crippen LogP contribution in [0.25, 0.3) is 0 Å². The molecule has 0 saturated carbocycles. The molecule has 0 heterocycles. The zero-order valence-corrected chi connectivity index (χ0v) is 11.4. The van der Waals surface area contributed by atoms with Gasteiger partial charge in [0, 0.05) is 12.7 Å². The number of aryl methyl sites for hydroxylation is 1. The summed E-state index contributed by atoms with van der Waals surface area (Å²) in [4.78, 5) is 0. The Hall–Kier alpha value is -1.30. The quantitative estimate of drug-likeness (QED) is 0.782. The molecule has 0 radical (unpaired) electrons. The lowest BCUT2D eigenvalue weighted by molar-refractivity contribution is 0.140. The zero-order chi connectivity index (χ0) is 13.2. The first-order valence-corrected chi connectivity index (χ1v) is 6.63. The highest BCUT2D eigenvalue weighted by molar-refractivity contribution is 5.37. The van der Waals surface area contributed by atoms with Gasteiger partial charge >= 0.3 is 0 Å². The fourth-order valence-electron chi connectivity index (χ4n) is 1.79. The van der Waals surface area contributed by atoms with Crippen LogP contribution in [0.4, 0.5) is 0 Å². The average Bonchev–Trinajstić information content (AvgIpc) is 2.41. The van der Waals surface area contributed by atoms with Crippen molar-refractivity contribution in [2.24, 2.45) is 5.73 Å². The summed E-state index contributed by atoms with van der Waals surface area (Å²) in [5.74, 6) is 6.36. The van der Waals surface area contributed by atoms with E-state index in [1.54, 1.807) is 7.11 Å². The second kappa shape index (κ2) is 8.74. The van der Waals surface area contributed by atoms with Crippen molar-refractivity contribution in [1.82, 2.24) is 0 Å². The lowest BCUT2D eigenvalue weighted by atomic mass is 10.1. The first kappa shape index (κ1) is 14.8. The van der Waals surface area contributed by atoms with Crippen LogP contribution in [0.2, 0.25) is 0 Å². The van der Waals surface area contributed by atoms with Gasteiger partial charge in [-0.1, -0.05) is 37.3 Å². The summed E-state index contributed by atoms with van der Waals surface area (Å²) in [5.41, 5.74) is 7.88. The third-order valence-corrected chi connectivity index (χ3v) is 2.81. The van der Waals surface area contributed by atoms with Crippen molar-refractivity contribution < 1.29 is 4.74 Å². The van der Waals surface area contributed by atoms with E-state index in [1.165, 1.54) is 5.56 Å². The molecule has 1 aromatic rings. The van der Waals surface area contributed by atoms with Crippen LogP contribution in [-0.4, -0.2) is 19.8 Å². The highest BCUT2D eigenvalue weighted by Gasteiger charge is 2.00. The molecule has 1 unspecified atom stereocenters. The maximum absolute atomic E-state index is 5.52. The molecular formula is C16H23NO. The van der Waals surface area contributed by atoms with Gasteiger partial charge in [-0.2, -0.15) is 0 Å². The SMILES string of the molecule is CCCC(C#Cc1cccc(CCCN)c1)OC. The molecule has 0 aliphatic carbocycles. The molecule has 0 aromatic heterocycles. The van der Waals surface area contributed by atoms with E-state index in [1.807, 2.05) is 6.07 Å². The van der Waals surface area contributed by atoms with Crippen LogP contribution in [0.15, 0.2) is 24.3 Å². The smallest absolute Gasteiger partial charge is 0.118 e. The number of methoxy groups -OCH3 is 1. The normalized spacial score (nSPS) is 11.7.